The molecule has 1 aliphatic heterocycles. The van der Waals surface area contributed by atoms with Crippen LogP contribution in [0.4, 0.5) is 36.2 Å². The number of amides is 2. The minimum absolute atomic E-state index is 0.00935. The number of carbonyl (C=O) groups is 2. The van der Waals surface area contributed by atoms with Crippen molar-refractivity contribution in [2.45, 2.75) is 25.4 Å². The van der Waals surface area contributed by atoms with E-state index in [1.807, 2.05) is 0 Å². The third-order valence-electron chi connectivity index (χ3n) is 6.72. The first-order valence-corrected chi connectivity index (χ1v) is 12.9. The van der Waals surface area contributed by atoms with Gasteiger partial charge in [0.15, 0.2) is 0 Å². The van der Waals surface area contributed by atoms with Crippen LogP contribution in [0.5, 0.6) is 0 Å². The molecule has 216 valence electrons. The molecule has 2 aromatic heterocycles. The first-order valence-electron chi connectivity index (χ1n) is 12.9. The Kier molecular flexibility index (Phi) is 9.17. The summed E-state index contributed by atoms with van der Waals surface area (Å²) in [4.78, 5) is 34.8. The molecule has 0 spiro atoms. The number of anilines is 4. The number of carbonyl (C=O) groups excluding carboxylic acids is 2. The van der Waals surface area contributed by atoms with E-state index >= 15 is 0 Å². The summed E-state index contributed by atoms with van der Waals surface area (Å²) in [5.74, 6) is -0.875. The summed E-state index contributed by atoms with van der Waals surface area (Å²) < 4.78 is 43.9. The van der Waals surface area contributed by atoms with Crippen molar-refractivity contribution in [3.63, 3.8) is 0 Å². The van der Waals surface area contributed by atoms with Gasteiger partial charge in [0, 0.05) is 61.0 Å². The average molecular weight is 570 g/mol. The van der Waals surface area contributed by atoms with Gasteiger partial charge in [0.1, 0.15) is 11.6 Å². The van der Waals surface area contributed by atoms with Gasteiger partial charge in [0.05, 0.1) is 24.3 Å². The number of benzene rings is 1. The second kappa shape index (κ2) is 12.8. The number of likely N-dealkylation sites (tertiary alicyclic amines) is 1. The van der Waals surface area contributed by atoms with E-state index in [2.05, 4.69) is 20.6 Å². The van der Waals surface area contributed by atoms with Gasteiger partial charge < -0.3 is 31.4 Å². The molecule has 13 heteroatoms. The average Bonchev–Trinajstić information content (AvgIpc) is 2.96. The number of rotatable bonds is 9. The lowest BCUT2D eigenvalue weighted by Crippen LogP contribution is -2.42. The van der Waals surface area contributed by atoms with Crippen molar-refractivity contribution in [2.75, 3.05) is 43.2 Å². The number of hydrogen-bond acceptors (Lipinski definition) is 8. The molecule has 0 radical (unpaired) electrons. The first kappa shape index (κ1) is 29.5. The highest BCUT2D eigenvalue weighted by Crippen LogP contribution is 2.31. The summed E-state index contributed by atoms with van der Waals surface area (Å²) in [6.45, 7) is 1.41. The number of nitrogens with zero attached hydrogens (tertiary/aromatic N) is 3. The number of nitrogens with two attached hydrogens (primary N) is 1. The zero-order valence-electron chi connectivity index (χ0n) is 22.3. The van der Waals surface area contributed by atoms with Gasteiger partial charge in [-0.2, -0.15) is 13.2 Å². The van der Waals surface area contributed by atoms with Crippen molar-refractivity contribution in [2.24, 2.45) is 5.92 Å². The highest BCUT2D eigenvalue weighted by Gasteiger charge is 2.31. The monoisotopic (exact) mass is 569 g/mol. The Labute approximate surface area is 234 Å². The lowest BCUT2D eigenvalue weighted by Gasteiger charge is -2.33. The van der Waals surface area contributed by atoms with Crippen LogP contribution in [0.25, 0.3) is 0 Å². The number of nitrogens with one attached hydrogen (secondary N) is 3. The van der Waals surface area contributed by atoms with Gasteiger partial charge in [0.25, 0.3) is 5.91 Å². The van der Waals surface area contributed by atoms with Gasteiger partial charge in [-0.05, 0) is 55.3 Å². The molecule has 3 aromatic rings. The Balaban J connectivity index is 1.46. The van der Waals surface area contributed by atoms with Gasteiger partial charge in [-0.1, -0.05) is 0 Å². The van der Waals surface area contributed by atoms with Crippen LogP contribution in [0.1, 0.15) is 40.7 Å². The molecule has 4 rings (SSSR count). The summed E-state index contributed by atoms with van der Waals surface area (Å²) >= 11 is 0. The number of piperidine rings is 1. The molecule has 2 amide bonds. The van der Waals surface area contributed by atoms with Gasteiger partial charge in [-0.25, -0.2) is 9.97 Å². The second-order valence-electron chi connectivity index (χ2n) is 9.54. The predicted molar refractivity (Wildman–Crippen MR) is 148 cm³/mol. The molecule has 10 nitrogen and oxygen atoms in total. The molecule has 0 bridgehead atoms. The summed E-state index contributed by atoms with van der Waals surface area (Å²) in [5, 5.41) is 14.5. The van der Waals surface area contributed by atoms with Gasteiger partial charge in [-0.3, -0.25) is 9.59 Å². The number of pyridine rings is 2. The van der Waals surface area contributed by atoms with E-state index in [1.165, 1.54) is 18.3 Å². The number of hydrogen-bond donors (Lipinski definition) is 4. The number of ether oxygens (including phenoxy) is 1. The third kappa shape index (κ3) is 7.37. The van der Waals surface area contributed by atoms with E-state index in [-0.39, 0.29) is 35.4 Å². The van der Waals surface area contributed by atoms with Crippen LogP contribution in [0, 0.1) is 11.3 Å². The van der Waals surface area contributed by atoms with E-state index in [0.717, 1.165) is 31.2 Å². The lowest BCUT2D eigenvalue weighted by atomic mass is 9.88. The van der Waals surface area contributed by atoms with E-state index in [9.17, 15) is 22.8 Å². The van der Waals surface area contributed by atoms with Crippen LogP contribution in [-0.4, -0.2) is 59.2 Å². The van der Waals surface area contributed by atoms with E-state index < -0.39 is 17.6 Å². The molecule has 0 unspecified atom stereocenters. The first-order chi connectivity index (χ1) is 19.6. The van der Waals surface area contributed by atoms with Crippen LogP contribution in [0.15, 0.2) is 54.9 Å². The van der Waals surface area contributed by atoms with Crippen LogP contribution >= 0.6 is 0 Å². The summed E-state index contributed by atoms with van der Waals surface area (Å²) in [7, 11) is 1.55. The largest absolute Gasteiger partial charge is 0.416 e. The summed E-state index contributed by atoms with van der Waals surface area (Å²) in [6, 6.07) is 9.46. The maximum Gasteiger partial charge on any atom is 0.416 e. The Morgan fingerprint density at radius 2 is 1.88 bits per heavy atom. The third-order valence-corrected chi connectivity index (χ3v) is 6.72. The molecule has 5 N–H and O–H groups in total. The Hall–Kier alpha value is -4.52. The van der Waals surface area contributed by atoms with Gasteiger partial charge in [0.2, 0.25) is 5.91 Å². The Morgan fingerprint density at radius 1 is 1.15 bits per heavy atom. The molecule has 1 aromatic carbocycles. The smallest absolute Gasteiger partial charge is 0.384 e. The predicted octanol–water partition coefficient (Wildman–Crippen LogP) is 4.72. The normalized spacial score (nSPS) is 15.3. The van der Waals surface area contributed by atoms with Crippen molar-refractivity contribution in [3.05, 3.63) is 71.5 Å². The fourth-order valence-corrected chi connectivity index (χ4v) is 4.55. The molecule has 0 saturated carbocycles. The minimum Gasteiger partial charge on any atom is -0.384 e. The second-order valence-corrected chi connectivity index (χ2v) is 9.54. The number of nitrogen functional groups attached to an aromatic ring is 1. The van der Waals surface area contributed by atoms with Crippen LogP contribution in [0.2, 0.25) is 0 Å². The summed E-state index contributed by atoms with van der Waals surface area (Å²) in [5.41, 5.74) is 7.30. The number of aromatic nitrogens is 2. The Morgan fingerprint density at radius 3 is 2.59 bits per heavy atom. The van der Waals surface area contributed by atoms with Crippen LogP contribution in [-0.2, 0) is 15.7 Å². The van der Waals surface area contributed by atoms with Crippen molar-refractivity contribution in [1.29, 1.82) is 5.41 Å². The number of methoxy groups -OCH3 is 1. The molecular formula is C28H30F3N7O3. The fourth-order valence-electron chi connectivity index (χ4n) is 4.55. The number of halogens is 3. The van der Waals surface area contributed by atoms with Crippen molar-refractivity contribution < 1.29 is 27.5 Å². The van der Waals surface area contributed by atoms with E-state index in [4.69, 9.17) is 15.9 Å². The molecule has 41 heavy (non-hydrogen) atoms. The molecular weight excluding hydrogens is 539 g/mol. The Bertz CT molecular complexity index is 1410. The maximum atomic E-state index is 13.0. The van der Waals surface area contributed by atoms with Crippen molar-refractivity contribution in [3.8, 4) is 0 Å². The van der Waals surface area contributed by atoms with Crippen LogP contribution in [0.3, 0.4) is 0 Å². The van der Waals surface area contributed by atoms with Crippen LogP contribution < -0.4 is 16.4 Å². The fraction of sp³-hybridized carbons (Fsp3) is 0.321. The van der Waals surface area contributed by atoms with Crippen molar-refractivity contribution in [1.82, 2.24) is 14.9 Å². The standard InChI is InChI=1S/C28H30F3N7O3/c1-41-14-10-23(39)38-13-2-3-18(16-38)24(32)21-9-12-35-26(33)25(21)36-20-6-4-17(5-7-20)27(40)37-22-15-19(8-11-34-22)28(29,30)31/h4-9,11-12,15,18,32,36H,2-3,10,13-14,16H2,1H3,(H2,33,35)(H,34,37,40)/t18-/m1/s1. The molecule has 1 aliphatic rings. The summed E-state index contributed by atoms with van der Waals surface area (Å²) in [6.07, 6.45) is -0.256. The topological polar surface area (TPSA) is 146 Å². The molecule has 1 atom stereocenters. The highest BCUT2D eigenvalue weighted by atomic mass is 19.4. The zero-order valence-corrected chi connectivity index (χ0v) is 22.3. The quantitative estimate of drug-likeness (QED) is 0.273. The molecule has 3 heterocycles. The molecule has 1 saturated heterocycles. The molecule has 1 fully saturated rings. The SMILES string of the molecule is COCCC(=O)N1CCC[C@@H](C(=N)c2ccnc(N)c2Nc2ccc(C(=O)Nc3cc(C(F)(F)F)ccn3)cc2)C1. The highest BCUT2D eigenvalue weighted by molar-refractivity contribution is 6.07. The molecule has 0 aliphatic carbocycles. The van der Waals surface area contributed by atoms with Gasteiger partial charge in [-0.15, -0.1) is 0 Å². The lowest BCUT2D eigenvalue weighted by molar-refractivity contribution is -0.137. The van der Waals surface area contributed by atoms with E-state index in [1.54, 1.807) is 30.2 Å². The van der Waals surface area contributed by atoms with Crippen molar-refractivity contribution >= 4 is 40.5 Å². The number of alkyl halides is 3. The van der Waals surface area contributed by atoms with Gasteiger partial charge >= 0.3 is 6.18 Å². The zero-order chi connectivity index (χ0) is 29.6. The maximum absolute atomic E-state index is 13.0. The van der Waals surface area contributed by atoms with E-state index in [0.29, 0.717) is 42.3 Å². The minimum atomic E-state index is -4.56.